The largest absolute Gasteiger partial charge is 0.296 e. The highest BCUT2D eigenvalue weighted by atomic mass is 32.2. The Hall–Kier alpha value is -0.960. The predicted molar refractivity (Wildman–Crippen MR) is 55.5 cm³/mol. The fourth-order valence-electron chi connectivity index (χ4n) is 1.40. The van der Waals surface area contributed by atoms with Crippen molar-refractivity contribution in [2.45, 2.75) is 23.6 Å². The SMILES string of the molecule is Cc1ccc(C)c(S(=O)(=O)O)c1S(=O)(=O)O. The molecule has 0 aromatic heterocycles. The Bertz CT molecular complexity index is 570. The van der Waals surface area contributed by atoms with Crippen LogP contribution in [-0.2, 0) is 20.2 Å². The summed E-state index contributed by atoms with van der Waals surface area (Å²) >= 11 is 0. The molecule has 1 rings (SSSR count). The lowest BCUT2D eigenvalue weighted by Gasteiger charge is -2.10. The molecule has 0 radical (unpaired) electrons. The van der Waals surface area contributed by atoms with E-state index >= 15 is 0 Å². The molecule has 6 nitrogen and oxygen atoms in total. The minimum Gasteiger partial charge on any atom is -0.282 e. The average molecular weight is 266 g/mol. The van der Waals surface area contributed by atoms with Crippen molar-refractivity contribution in [1.29, 1.82) is 0 Å². The van der Waals surface area contributed by atoms with E-state index in [1.54, 1.807) is 0 Å². The van der Waals surface area contributed by atoms with E-state index < -0.39 is 30.0 Å². The zero-order valence-corrected chi connectivity index (χ0v) is 10.1. The quantitative estimate of drug-likeness (QED) is 0.766. The second kappa shape index (κ2) is 3.81. The monoisotopic (exact) mass is 266 g/mol. The van der Waals surface area contributed by atoms with Gasteiger partial charge in [-0.2, -0.15) is 16.8 Å². The molecule has 0 saturated carbocycles. The van der Waals surface area contributed by atoms with Crippen molar-refractivity contribution < 1.29 is 25.9 Å². The summed E-state index contributed by atoms with van der Waals surface area (Å²) in [4.78, 5) is -1.56. The van der Waals surface area contributed by atoms with Crippen molar-refractivity contribution in [2.24, 2.45) is 0 Å². The van der Waals surface area contributed by atoms with Gasteiger partial charge in [-0.1, -0.05) is 12.1 Å². The second-order valence-corrected chi connectivity index (χ2v) is 6.02. The molecule has 0 heterocycles. The summed E-state index contributed by atoms with van der Waals surface area (Å²) in [7, 11) is -9.42. The molecule has 16 heavy (non-hydrogen) atoms. The summed E-state index contributed by atoms with van der Waals surface area (Å²) < 4.78 is 62.1. The van der Waals surface area contributed by atoms with Crippen LogP contribution < -0.4 is 0 Å². The first-order chi connectivity index (χ1) is 7.05. The van der Waals surface area contributed by atoms with Gasteiger partial charge < -0.3 is 0 Å². The van der Waals surface area contributed by atoms with Crippen LogP contribution >= 0.6 is 0 Å². The molecular weight excluding hydrogens is 256 g/mol. The molecule has 0 atom stereocenters. The van der Waals surface area contributed by atoms with Gasteiger partial charge in [0.1, 0.15) is 9.79 Å². The van der Waals surface area contributed by atoms with Crippen LogP contribution in [0.25, 0.3) is 0 Å². The van der Waals surface area contributed by atoms with Gasteiger partial charge in [0, 0.05) is 0 Å². The van der Waals surface area contributed by atoms with Gasteiger partial charge in [-0.15, -0.1) is 0 Å². The van der Waals surface area contributed by atoms with E-state index in [0.717, 1.165) is 0 Å². The molecule has 2 N–H and O–H groups in total. The van der Waals surface area contributed by atoms with Crippen LogP contribution in [0.1, 0.15) is 11.1 Å². The third-order valence-corrected chi connectivity index (χ3v) is 4.24. The molecule has 8 heteroatoms. The van der Waals surface area contributed by atoms with Crippen LogP contribution in [-0.4, -0.2) is 25.9 Å². The Labute approximate surface area is 93.4 Å². The van der Waals surface area contributed by atoms with E-state index in [1.807, 2.05) is 0 Å². The summed E-state index contributed by atoms with van der Waals surface area (Å²) in [5.74, 6) is 0. The smallest absolute Gasteiger partial charge is 0.282 e. The van der Waals surface area contributed by atoms with Gasteiger partial charge in [0.05, 0.1) is 0 Å². The average Bonchev–Trinajstić information content (AvgIpc) is 2.04. The highest BCUT2D eigenvalue weighted by Crippen LogP contribution is 2.27. The molecule has 0 aliphatic carbocycles. The van der Waals surface area contributed by atoms with Gasteiger partial charge in [0.2, 0.25) is 0 Å². The van der Waals surface area contributed by atoms with Crippen molar-refractivity contribution in [1.82, 2.24) is 0 Å². The number of benzene rings is 1. The van der Waals surface area contributed by atoms with Crippen molar-refractivity contribution in [3.8, 4) is 0 Å². The first kappa shape index (κ1) is 13.1. The topological polar surface area (TPSA) is 109 Å². The molecule has 0 aliphatic heterocycles. The lowest BCUT2D eigenvalue weighted by Crippen LogP contribution is -2.12. The predicted octanol–water partition coefficient (Wildman–Crippen LogP) is 0.797. The van der Waals surface area contributed by atoms with Crippen molar-refractivity contribution >= 4 is 20.2 Å². The Morgan fingerprint density at radius 2 is 1.06 bits per heavy atom. The van der Waals surface area contributed by atoms with E-state index in [0.29, 0.717) is 0 Å². The Balaban J connectivity index is 3.93. The van der Waals surface area contributed by atoms with Gasteiger partial charge in [-0.05, 0) is 25.0 Å². The zero-order chi connectivity index (χ0) is 12.7. The Morgan fingerprint density at radius 1 is 0.812 bits per heavy atom. The third kappa shape index (κ3) is 2.40. The molecule has 0 fully saturated rings. The summed E-state index contributed by atoms with van der Waals surface area (Å²) in [6.07, 6.45) is 0. The zero-order valence-electron chi connectivity index (χ0n) is 8.50. The Kier molecular flexibility index (Phi) is 3.12. The number of aryl methyl sites for hydroxylation is 2. The lowest BCUT2D eigenvalue weighted by atomic mass is 10.2. The molecular formula is C8H10O6S2. The van der Waals surface area contributed by atoms with Crippen LogP contribution in [0.3, 0.4) is 0 Å². The first-order valence-electron chi connectivity index (χ1n) is 4.10. The minimum absolute atomic E-state index is 0.0423. The van der Waals surface area contributed by atoms with E-state index in [9.17, 15) is 16.8 Å². The van der Waals surface area contributed by atoms with E-state index in [-0.39, 0.29) is 11.1 Å². The second-order valence-electron chi connectivity index (χ2n) is 3.31. The molecule has 0 aliphatic rings. The lowest BCUT2D eigenvalue weighted by molar-refractivity contribution is 0.465. The summed E-state index contributed by atoms with van der Waals surface area (Å²) in [5.41, 5.74) is 0.0847. The fourth-order valence-corrected chi connectivity index (χ4v) is 3.77. The van der Waals surface area contributed by atoms with Gasteiger partial charge in [0.15, 0.2) is 0 Å². The van der Waals surface area contributed by atoms with Gasteiger partial charge >= 0.3 is 0 Å². The summed E-state index contributed by atoms with van der Waals surface area (Å²) in [6.45, 7) is 2.63. The summed E-state index contributed by atoms with van der Waals surface area (Å²) in [5, 5.41) is 0. The molecule has 0 spiro atoms. The number of hydrogen-bond donors (Lipinski definition) is 2. The van der Waals surface area contributed by atoms with Crippen molar-refractivity contribution in [3.63, 3.8) is 0 Å². The van der Waals surface area contributed by atoms with E-state index in [1.165, 1.54) is 26.0 Å². The van der Waals surface area contributed by atoms with Crippen LogP contribution in [0, 0.1) is 13.8 Å². The normalized spacial score (nSPS) is 12.8. The molecule has 0 unspecified atom stereocenters. The van der Waals surface area contributed by atoms with Crippen molar-refractivity contribution in [3.05, 3.63) is 23.3 Å². The van der Waals surface area contributed by atoms with Gasteiger partial charge in [-0.25, -0.2) is 0 Å². The standard InChI is InChI=1S/C8H10O6S2/c1-5-3-4-6(2)8(16(12,13)14)7(5)15(9,10)11/h3-4H,1-2H3,(H,9,10,11)(H,12,13,14). The maximum absolute atomic E-state index is 11.1. The Morgan fingerprint density at radius 3 is 1.25 bits per heavy atom. The first-order valence-corrected chi connectivity index (χ1v) is 6.98. The van der Waals surface area contributed by atoms with Gasteiger partial charge in [0.25, 0.3) is 20.2 Å². The number of rotatable bonds is 2. The molecule has 1 aromatic rings. The molecule has 1 aromatic carbocycles. The highest BCUT2D eigenvalue weighted by Gasteiger charge is 2.27. The molecule has 0 amide bonds. The third-order valence-electron chi connectivity index (χ3n) is 2.02. The van der Waals surface area contributed by atoms with Gasteiger partial charge in [-0.3, -0.25) is 9.11 Å². The van der Waals surface area contributed by atoms with Crippen LogP contribution in [0.5, 0.6) is 0 Å². The highest BCUT2D eigenvalue weighted by molar-refractivity contribution is 7.89. The van der Waals surface area contributed by atoms with Crippen LogP contribution in [0.4, 0.5) is 0 Å². The maximum atomic E-state index is 11.1. The van der Waals surface area contributed by atoms with Crippen LogP contribution in [0.2, 0.25) is 0 Å². The maximum Gasteiger partial charge on any atom is 0.296 e. The summed E-state index contributed by atoms with van der Waals surface area (Å²) in [6, 6.07) is 2.68. The number of hydrogen-bond acceptors (Lipinski definition) is 4. The van der Waals surface area contributed by atoms with E-state index in [4.69, 9.17) is 9.11 Å². The molecule has 90 valence electrons. The van der Waals surface area contributed by atoms with E-state index in [2.05, 4.69) is 0 Å². The molecule has 0 bridgehead atoms. The van der Waals surface area contributed by atoms with Crippen molar-refractivity contribution in [2.75, 3.05) is 0 Å². The molecule has 0 saturated heterocycles. The van der Waals surface area contributed by atoms with Crippen LogP contribution in [0.15, 0.2) is 21.9 Å². The minimum atomic E-state index is -4.71. The fraction of sp³-hybridized carbons (Fsp3) is 0.250.